The number of nitrogens with zero attached hydrogens (tertiary/aromatic N) is 1. The summed E-state index contributed by atoms with van der Waals surface area (Å²) in [5.74, 6) is 0.430. The highest BCUT2D eigenvalue weighted by Gasteiger charge is 2.27. The summed E-state index contributed by atoms with van der Waals surface area (Å²) >= 11 is 1.92. The van der Waals surface area contributed by atoms with Crippen molar-refractivity contribution in [3.8, 4) is 0 Å². The first kappa shape index (κ1) is 14.7. The molecule has 0 saturated carbocycles. The molecule has 2 atom stereocenters. The summed E-state index contributed by atoms with van der Waals surface area (Å²) in [4.78, 5) is 6.46. The fraction of sp³-hybridized carbons (Fsp3) is 0.500. The maximum Gasteiger partial charge on any atom is 0.111 e. The van der Waals surface area contributed by atoms with E-state index < -0.39 is 0 Å². The van der Waals surface area contributed by atoms with E-state index in [4.69, 9.17) is 4.98 Å². The Morgan fingerprint density at radius 1 is 1.10 bits per heavy atom. The molecule has 0 spiro atoms. The third-order valence-electron chi connectivity index (χ3n) is 4.22. The zero-order valence-corrected chi connectivity index (χ0v) is 13.9. The van der Waals surface area contributed by atoms with Crippen LogP contribution in [-0.4, -0.2) is 11.0 Å². The van der Waals surface area contributed by atoms with Crippen LogP contribution in [0.25, 0.3) is 0 Å². The zero-order valence-electron chi connectivity index (χ0n) is 13.1. The van der Waals surface area contributed by atoms with Crippen LogP contribution < -0.4 is 5.32 Å². The van der Waals surface area contributed by atoms with Crippen LogP contribution in [0.4, 0.5) is 0 Å². The smallest absolute Gasteiger partial charge is 0.111 e. The van der Waals surface area contributed by atoms with Crippen molar-refractivity contribution < 1.29 is 0 Å². The van der Waals surface area contributed by atoms with Gasteiger partial charge in [-0.3, -0.25) is 0 Å². The molecule has 1 aliphatic rings. The molecule has 0 aliphatic heterocycles. The second-order valence-electron chi connectivity index (χ2n) is 6.27. The summed E-state index contributed by atoms with van der Waals surface area (Å²) < 4.78 is 0. The number of hydrogen-bond donors (Lipinski definition) is 1. The van der Waals surface area contributed by atoms with Gasteiger partial charge >= 0.3 is 0 Å². The van der Waals surface area contributed by atoms with Crippen LogP contribution in [-0.2, 0) is 12.8 Å². The van der Waals surface area contributed by atoms with Crippen molar-refractivity contribution in [2.75, 3.05) is 0 Å². The van der Waals surface area contributed by atoms with Gasteiger partial charge in [-0.2, -0.15) is 0 Å². The SMILES string of the molecule is CC(C)NC(c1nc2c(s1)CCC2)C(C)c1ccccc1. The first-order chi connectivity index (χ1) is 10.1. The fourth-order valence-electron chi connectivity index (χ4n) is 3.08. The summed E-state index contributed by atoms with van der Waals surface area (Å²) in [5.41, 5.74) is 2.73. The number of thiazole rings is 1. The van der Waals surface area contributed by atoms with Crippen LogP contribution in [0.2, 0.25) is 0 Å². The molecule has 2 aromatic rings. The van der Waals surface area contributed by atoms with Crippen LogP contribution >= 0.6 is 11.3 Å². The van der Waals surface area contributed by atoms with Gasteiger partial charge in [0.05, 0.1) is 11.7 Å². The highest BCUT2D eigenvalue weighted by molar-refractivity contribution is 7.11. The highest BCUT2D eigenvalue weighted by atomic mass is 32.1. The second-order valence-corrected chi connectivity index (χ2v) is 7.39. The van der Waals surface area contributed by atoms with Gasteiger partial charge in [0.15, 0.2) is 0 Å². The summed E-state index contributed by atoms with van der Waals surface area (Å²) in [6, 6.07) is 11.5. The van der Waals surface area contributed by atoms with E-state index in [1.807, 2.05) is 11.3 Å². The van der Waals surface area contributed by atoms with Crippen molar-refractivity contribution in [1.82, 2.24) is 10.3 Å². The number of benzene rings is 1. The first-order valence-electron chi connectivity index (χ1n) is 7.94. The molecular formula is C18H24N2S. The quantitative estimate of drug-likeness (QED) is 0.881. The molecule has 1 aliphatic carbocycles. The lowest BCUT2D eigenvalue weighted by Crippen LogP contribution is -2.31. The Morgan fingerprint density at radius 3 is 2.52 bits per heavy atom. The molecular weight excluding hydrogens is 276 g/mol. The van der Waals surface area contributed by atoms with E-state index >= 15 is 0 Å². The van der Waals surface area contributed by atoms with Gasteiger partial charge in [-0.25, -0.2) is 4.98 Å². The van der Waals surface area contributed by atoms with Crippen LogP contribution in [0.15, 0.2) is 30.3 Å². The molecule has 1 aromatic carbocycles. The minimum Gasteiger partial charge on any atom is -0.305 e. The van der Waals surface area contributed by atoms with Crippen LogP contribution in [0.1, 0.15) is 60.3 Å². The number of aryl methyl sites for hydroxylation is 2. The molecule has 0 amide bonds. The molecule has 0 fully saturated rings. The molecule has 112 valence electrons. The Morgan fingerprint density at radius 2 is 1.86 bits per heavy atom. The lowest BCUT2D eigenvalue weighted by atomic mass is 9.93. The predicted octanol–water partition coefficient (Wildman–Crippen LogP) is 4.47. The maximum atomic E-state index is 4.95. The molecule has 0 radical (unpaired) electrons. The summed E-state index contributed by atoms with van der Waals surface area (Å²) in [7, 11) is 0. The Bertz CT molecular complexity index is 567. The fourth-order valence-corrected chi connectivity index (χ4v) is 4.40. The molecule has 2 unspecified atom stereocenters. The molecule has 21 heavy (non-hydrogen) atoms. The van der Waals surface area contributed by atoms with E-state index in [0.29, 0.717) is 18.0 Å². The molecule has 1 N–H and O–H groups in total. The molecule has 0 saturated heterocycles. The number of aromatic nitrogens is 1. The lowest BCUT2D eigenvalue weighted by Gasteiger charge is -2.26. The van der Waals surface area contributed by atoms with Gasteiger partial charge in [-0.1, -0.05) is 51.1 Å². The second kappa shape index (κ2) is 6.29. The summed E-state index contributed by atoms with van der Waals surface area (Å²) in [6.07, 6.45) is 3.67. The predicted molar refractivity (Wildman–Crippen MR) is 90.0 cm³/mol. The average Bonchev–Trinajstić information content (AvgIpc) is 3.06. The average molecular weight is 300 g/mol. The van der Waals surface area contributed by atoms with Gasteiger partial charge in [0.25, 0.3) is 0 Å². The molecule has 1 aromatic heterocycles. The Hall–Kier alpha value is -1.19. The summed E-state index contributed by atoms with van der Waals surface area (Å²) in [5, 5.41) is 5.00. The highest BCUT2D eigenvalue weighted by Crippen LogP contribution is 2.37. The normalized spacial score (nSPS) is 17.0. The van der Waals surface area contributed by atoms with Crippen molar-refractivity contribution in [3.05, 3.63) is 51.5 Å². The third kappa shape index (κ3) is 3.19. The molecule has 1 heterocycles. The topological polar surface area (TPSA) is 24.9 Å². The minimum absolute atomic E-state index is 0.308. The standard InChI is InChI=1S/C18H24N2S/c1-12(2)19-17(13(3)14-8-5-4-6-9-14)18-20-15-10-7-11-16(15)21-18/h4-6,8-9,12-13,17,19H,7,10-11H2,1-3H3. The largest absolute Gasteiger partial charge is 0.305 e. The van der Waals surface area contributed by atoms with E-state index in [2.05, 4.69) is 56.4 Å². The van der Waals surface area contributed by atoms with Crippen molar-refractivity contribution in [2.45, 2.75) is 58.0 Å². The van der Waals surface area contributed by atoms with Crippen molar-refractivity contribution in [2.24, 2.45) is 0 Å². The third-order valence-corrected chi connectivity index (χ3v) is 5.46. The van der Waals surface area contributed by atoms with E-state index in [1.54, 1.807) is 0 Å². The molecule has 2 nitrogen and oxygen atoms in total. The van der Waals surface area contributed by atoms with Gasteiger partial charge in [-0.15, -0.1) is 11.3 Å². The van der Waals surface area contributed by atoms with E-state index in [-0.39, 0.29) is 0 Å². The van der Waals surface area contributed by atoms with Gasteiger partial charge in [0, 0.05) is 16.8 Å². The Balaban J connectivity index is 1.89. The Labute approximate surface area is 131 Å². The van der Waals surface area contributed by atoms with E-state index in [1.165, 1.54) is 40.4 Å². The lowest BCUT2D eigenvalue weighted by molar-refractivity contribution is 0.424. The molecule has 3 rings (SSSR count). The zero-order chi connectivity index (χ0) is 14.8. The van der Waals surface area contributed by atoms with Crippen LogP contribution in [0.3, 0.4) is 0 Å². The molecule has 0 bridgehead atoms. The van der Waals surface area contributed by atoms with Crippen molar-refractivity contribution >= 4 is 11.3 Å². The van der Waals surface area contributed by atoms with Gasteiger partial charge in [-0.05, 0) is 24.8 Å². The first-order valence-corrected chi connectivity index (χ1v) is 8.76. The van der Waals surface area contributed by atoms with E-state index in [0.717, 1.165) is 0 Å². The number of hydrogen-bond acceptors (Lipinski definition) is 3. The summed E-state index contributed by atoms with van der Waals surface area (Å²) in [6.45, 7) is 6.74. The molecule has 3 heteroatoms. The van der Waals surface area contributed by atoms with Crippen molar-refractivity contribution in [3.63, 3.8) is 0 Å². The van der Waals surface area contributed by atoms with Gasteiger partial charge in [0.1, 0.15) is 5.01 Å². The Kier molecular flexibility index (Phi) is 4.41. The number of rotatable bonds is 5. The maximum absolute atomic E-state index is 4.95. The van der Waals surface area contributed by atoms with Gasteiger partial charge in [0.2, 0.25) is 0 Å². The van der Waals surface area contributed by atoms with Crippen molar-refractivity contribution in [1.29, 1.82) is 0 Å². The number of fused-ring (bicyclic) bond motifs is 1. The van der Waals surface area contributed by atoms with Gasteiger partial charge < -0.3 is 5.32 Å². The van der Waals surface area contributed by atoms with Crippen LogP contribution in [0, 0.1) is 0 Å². The van der Waals surface area contributed by atoms with E-state index in [9.17, 15) is 0 Å². The van der Waals surface area contributed by atoms with Crippen LogP contribution in [0.5, 0.6) is 0 Å². The number of nitrogens with one attached hydrogen (secondary N) is 1. The minimum atomic E-state index is 0.308. The monoisotopic (exact) mass is 300 g/mol.